The summed E-state index contributed by atoms with van der Waals surface area (Å²) in [7, 11) is 3.24. The highest BCUT2D eigenvalue weighted by Gasteiger charge is 2.38. The van der Waals surface area contributed by atoms with Crippen LogP contribution in [0.3, 0.4) is 0 Å². The van der Waals surface area contributed by atoms with Crippen LogP contribution >= 0.6 is 0 Å². The monoisotopic (exact) mass is 924 g/mol. The van der Waals surface area contributed by atoms with E-state index in [9.17, 15) is 57.9 Å². The number of anilines is 2. The summed E-state index contributed by atoms with van der Waals surface area (Å²) >= 11 is 0. The molecule has 1 aromatic carbocycles. The van der Waals surface area contributed by atoms with Gasteiger partial charge in [0.2, 0.25) is 5.88 Å². The number of methoxy groups -OCH3 is 2. The van der Waals surface area contributed by atoms with Crippen molar-refractivity contribution in [1.29, 1.82) is 5.26 Å². The minimum atomic E-state index is -5.08. The standard InChI is InChI=1S/C27H36N6O3.C2HF3O2.3CHF3.6H2O/c1-34-23-16-19-15-20-25(29-7-13-32-9-3-4-10-32)21(18-28)26(30-8-14-33-11-5-6-12-33)31-27(20)36-22(19)17-24(23)35-2;3-2(4,5)1(6)7;3*2-1(3)4;;;;;;/h16-17H,3-15H2,1-2H3,(H2,29,30,31);(H,6,7);3*1H;6*1H2. The SMILES string of the molecule is COc1cc2c(cc1OC)Oc1nc(NCCN3CCCC3)c(C#N)c(NCCN3CCCC3)c1C2.FC(F)F.FC(F)F.FC(F)F.O.O.O.O.O.O.O=C(O)C(F)(F)F. The van der Waals surface area contributed by atoms with Gasteiger partial charge in [0.1, 0.15) is 23.2 Å². The molecule has 5 rings (SSSR count). The Labute approximate surface area is 341 Å². The van der Waals surface area contributed by atoms with E-state index in [4.69, 9.17) is 29.1 Å². The summed E-state index contributed by atoms with van der Waals surface area (Å²) in [6, 6.07) is 6.21. The first kappa shape index (κ1) is 67.9. The number of halogens is 12. The van der Waals surface area contributed by atoms with Gasteiger partial charge in [0, 0.05) is 49.8 Å². The lowest BCUT2D eigenvalue weighted by atomic mass is 9.98. The molecule has 0 spiro atoms. The van der Waals surface area contributed by atoms with E-state index in [1.165, 1.54) is 25.7 Å². The van der Waals surface area contributed by atoms with Crippen molar-refractivity contribution in [1.82, 2.24) is 14.8 Å². The molecule has 17 nitrogen and oxygen atoms in total. The molecule has 29 heteroatoms. The van der Waals surface area contributed by atoms with E-state index >= 15 is 0 Å². The van der Waals surface area contributed by atoms with Gasteiger partial charge in [-0.05, 0) is 57.9 Å². The van der Waals surface area contributed by atoms with Crippen LogP contribution in [0.25, 0.3) is 0 Å². The fourth-order valence-corrected chi connectivity index (χ4v) is 5.40. The van der Waals surface area contributed by atoms with Crippen LogP contribution < -0.4 is 24.8 Å². The summed E-state index contributed by atoms with van der Waals surface area (Å²) in [5.74, 6) is 0.307. The summed E-state index contributed by atoms with van der Waals surface area (Å²) in [5, 5.41) is 24.3. The number of benzene rings is 1. The summed E-state index contributed by atoms with van der Waals surface area (Å²) in [6.07, 6.45) is 0.539. The number of nitrogens with one attached hydrogen (secondary N) is 2. The molecule has 3 aliphatic rings. The van der Waals surface area contributed by atoms with E-state index in [0.717, 1.165) is 69.2 Å². The second kappa shape index (κ2) is 34.8. The van der Waals surface area contributed by atoms with Gasteiger partial charge in [-0.3, -0.25) is 0 Å². The van der Waals surface area contributed by atoms with E-state index in [1.54, 1.807) is 14.2 Å². The third-order valence-corrected chi connectivity index (χ3v) is 7.60. The van der Waals surface area contributed by atoms with Crippen molar-refractivity contribution < 1.29 is 110 Å². The third kappa shape index (κ3) is 26.2. The number of alkyl halides is 12. The molecule has 15 N–H and O–H groups in total. The molecule has 0 unspecified atom stereocenters. The average Bonchev–Trinajstić information content (AvgIpc) is 3.81. The molecule has 0 bridgehead atoms. The van der Waals surface area contributed by atoms with E-state index < -0.39 is 32.2 Å². The number of aromatic nitrogens is 1. The first-order chi connectivity index (χ1) is 25.8. The maximum atomic E-state index is 10.6. The number of nitriles is 1. The predicted octanol–water partition coefficient (Wildman–Crippen LogP) is 2.90. The topological polar surface area (TPSA) is 321 Å². The molecule has 0 radical (unpaired) electrons. The highest BCUT2D eigenvalue weighted by Crippen LogP contribution is 2.45. The highest BCUT2D eigenvalue weighted by molar-refractivity contribution is 5.76. The van der Waals surface area contributed by atoms with E-state index in [0.29, 0.717) is 40.9 Å². The van der Waals surface area contributed by atoms with Crippen LogP contribution in [0.2, 0.25) is 0 Å². The number of aliphatic carboxylic acids is 1. The van der Waals surface area contributed by atoms with Gasteiger partial charge in [-0.25, -0.2) is 4.79 Å². The lowest BCUT2D eigenvalue weighted by molar-refractivity contribution is -0.192. The van der Waals surface area contributed by atoms with Crippen LogP contribution in [0, 0.1) is 11.3 Å². The number of pyridine rings is 1. The fraction of sp³-hybridized carbons (Fsp3) is 0.594. The zero-order chi connectivity index (χ0) is 41.7. The maximum absolute atomic E-state index is 10.6. The predicted molar refractivity (Wildman–Crippen MR) is 196 cm³/mol. The minimum Gasteiger partial charge on any atom is -0.493 e. The van der Waals surface area contributed by atoms with Crippen LogP contribution in [0.15, 0.2) is 12.1 Å². The number of ether oxygens (including phenoxy) is 3. The van der Waals surface area contributed by atoms with Crippen molar-refractivity contribution in [3.63, 3.8) is 0 Å². The van der Waals surface area contributed by atoms with Gasteiger partial charge in [0.15, 0.2) is 11.5 Å². The number of rotatable bonds is 10. The minimum absolute atomic E-state index is 0. The Morgan fingerprint density at radius 2 is 1.16 bits per heavy atom. The molecule has 360 valence electrons. The lowest BCUT2D eigenvalue weighted by Crippen LogP contribution is -2.27. The molecule has 2 fully saturated rings. The first-order valence-corrected chi connectivity index (χ1v) is 16.2. The molecule has 61 heavy (non-hydrogen) atoms. The van der Waals surface area contributed by atoms with E-state index in [-0.39, 0.29) is 32.9 Å². The molecule has 1 aromatic heterocycles. The summed E-state index contributed by atoms with van der Waals surface area (Å²) in [6.45, 7) is -3.07. The van der Waals surface area contributed by atoms with Crippen LogP contribution in [0.4, 0.5) is 64.2 Å². The van der Waals surface area contributed by atoms with Crippen LogP contribution in [-0.4, -0.2) is 152 Å². The van der Waals surface area contributed by atoms with Crippen LogP contribution in [-0.2, 0) is 11.2 Å². The normalized spacial score (nSPS) is 13.2. The van der Waals surface area contributed by atoms with Crippen LogP contribution in [0.1, 0.15) is 42.4 Å². The Balaban J connectivity index is -0.000000257. The van der Waals surface area contributed by atoms with Crippen molar-refractivity contribution in [2.24, 2.45) is 0 Å². The number of carboxylic acids is 1. The lowest BCUT2D eigenvalue weighted by Gasteiger charge is -2.26. The molecule has 0 atom stereocenters. The number of hydrogen-bond acceptors (Lipinski definition) is 10. The van der Waals surface area contributed by atoms with Crippen molar-refractivity contribution in [3.05, 3.63) is 28.8 Å². The third-order valence-electron chi connectivity index (χ3n) is 7.60. The van der Waals surface area contributed by atoms with Gasteiger partial charge < -0.3 is 72.6 Å². The number of fused-ring (bicyclic) bond motifs is 2. The smallest absolute Gasteiger partial charge is 0.490 e. The molecule has 4 heterocycles. The molecule has 2 saturated heterocycles. The van der Waals surface area contributed by atoms with Crippen molar-refractivity contribution >= 4 is 17.5 Å². The van der Waals surface area contributed by atoms with E-state index in [2.05, 4.69) is 26.5 Å². The van der Waals surface area contributed by atoms with Crippen molar-refractivity contribution in [2.45, 2.75) is 58.3 Å². The number of hydrogen-bond donors (Lipinski definition) is 3. The number of nitrogens with zero attached hydrogens (tertiary/aromatic N) is 4. The second-order valence-electron chi connectivity index (χ2n) is 11.2. The Kier molecular flexibility index (Phi) is 38.8. The van der Waals surface area contributed by atoms with Crippen molar-refractivity contribution in [3.8, 4) is 29.2 Å². The quantitative estimate of drug-likeness (QED) is 0.248. The zero-order valence-electron chi connectivity index (χ0n) is 32.5. The molecule has 0 aliphatic carbocycles. The van der Waals surface area contributed by atoms with Gasteiger partial charge in [-0.1, -0.05) is 0 Å². The fourth-order valence-electron chi connectivity index (χ4n) is 5.40. The van der Waals surface area contributed by atoms with Gasteiger partial charge in [-0.2, -0.15) is 62.9 Å². The largest absolute Gasteiger partial charge is 0.493 e. The van der Waals surface area contributed by atoms with Gasteiger partial charge >= 0.3 is 32.2 Å². The summed E-state index contributed by atoms with van der Waals surface area (Å²) in [4.78, 5) is 18.6. The van der Waals surface area contributed by atoms with Crippen LogP contribution in [0.5, 0.6) is 23.1 Å². The van der Waals surface area contributed by atoms with Crippen molar-refractivity contribution in [2.75, 3.05) is 77.2 Å². The number of carbonyl (C=O) groups is 1. The molecule has 2 aromatic rings. The Hall–Kier alpha value is -4.83. The Bertz CT molecular complexity index is 1480. The highest BCUT2D eigenvalue weighted by atomic mass is 19.4. The molecule has 0 amide bonds. The maximum Gasteiger partial charge on any atom is 0.490 e. The molecular formula is C32H52F12N6O11. The van der Waals surface area contributed by atoms with E-state index in [1.807, 2.05) is 12.1 Å². The van der Waals surface area contributed by atoms with Gasteiger partial charge in [0.25, 0.3) is 0 Å². The Morgan fingerprint density at radius 3 is 1.52 bits per heavy atom. The Morgan fingerprint density at radius 1 is 0.787 bits per heavy atom. The summed E-state index contributed by atoms with van der Waals surface area (Å²) < 4.78 is 136. The summed E-state index contributed by atoms with van der Waals surface area (Å²) in [5.41, 5.74) is 3.23. The first-order valence-electron chi connectivity index (χ1n) is 16.2. The zero-order valence-corrected chi connectivity index (χ0v) is 32.5. The van der Waals surface area contributed by atoms with Gasteiger partial charge in [-0.15, -0.1) is 0 Å². The number of carboxylic acid groups (broad SMARTS) is 1. The second-order valence-corrected chi connectivity index (χ2v) is 11.2. The molecule has 3 aliphatic heterocycles. The molecule has 0 saturated carbocycles. The number of likely N-dealkylation sites (tertiary alicyclic amines) is 2. The average molecular weight is 925 g/mol. The molecular weight excluding hydrogens is 872 g/mol. The van der Waals surface area contributed by atoms with Gasteiger partial charge in [0.05, 0.1) is 19.9 Å².